The third-order valence-corrected chi connectivity index (χ3v) is 4.04. The van der Waals surface area contributed by atoms with Crippen LogP contribution in [0.5, 0.6) is 0 Å². The average molecular weight is 230 g/mol. The van der Waals surface area contributed by atoms with Crippen LogP contribution in [0.1, 0.15) is 6.92 Å². The Kier molecular flexibility index (Phi) is 3.15. The van der Waals surface area contributed by atoms with E-state index in [0.717, 1.165) is 0 Å². The van der Waals surface area contributed by atoms with Crippen molar-refractivity contribution in [2.45, 2.75) is 13.0 Å². The predicted molar refractivity (Wildman–Crippen MR) is 48.8 cm³/mol. The zero-order valence-electron chi connectivity index (χ0n) is 7.79. The lowest BCUT2D eigenvalue weighted by atomic mass is 9.90. The Morgan fingerprint density at radius 1 is 1.43 bits per heavy atom. The smallest absolute Gasteiger partial charge is 0.448 e. The van der Waals surface area contributed by atoms with Crippen LogP contribution in [0.25, 0.3) is 0 Å². The minimum absolute atomic E-state index is 0.00917. The maximum absolute atomic E-state index is 12.1. The van der Waals surface area contributed by atoms with Crippen molar-refractivity contribution < 1.29 is 21.4 Å². The fourth-order valence-corrected chi connectivity index (χ4v) is 3.20. The van der Waals surface area contributed by atoms with E-state index in [0.29, 0.717) is 0 Å². The van der Waals surface area contributed by atoms with Crippen LogP contribution >= 0.6 is 0 Å². The highest BCUT2D eigenvalue weighted by molar-refractivity contribution is 7.91. The van der Waals surface area contributed by atoms with Gasteiger partial charge in [-0.2, -0.15) is 0 Å². The molecule has 1 aliphatic rings. The van der Waals surface area contributed by atoms with Crippen molar-refractivity contribution in [1.29, 1.82) is 0 Å². The second-order valence-electron chi connectivity index (χ2n) is 3.67. The number of rotatable bonds is 2. The van der Waals surface area contributed by atoms with Crippen molar-refractivity contribution >= 4 is 16.8 Å². The van der Waals surface area contributed by atoms with Crippen molar-refractivity contribution in [3.63, 3.8) is 0 Å². The predicted octanol–water partition coefficient (Wildman–Crippen LogP) is 0.492. The van der Waals surface area contributed by atoms with Crippen molar-refractivity contribution in [2.75, 3.05) is 24.5 Å². The van der Waals surface area contributed by atoms with E-state index in [1.807, 2.05) is 0 Å². The Labute approximate surface area is 81.2 Å². The fraction of sp³-hybridized carbons (Fsp3) is 1.00. The van der Waals surface area contributed by atoms with Crippen LogP contribution in [0.2, 0.25) is 0 Å². The van der Waals surface area contributed by atoms with Crippen molar-refractivity contribution in [1.82, 2.24) is 4.90 Å². The molecule has 0 aromatic rings. The monoisotopic (exact) mass is 230 g/mol. The molecule has 0 aromatic heterocycles. The minimum atomic E-state index is -4.86. The summed E-state index contributed by atoms with van der Waals surface area (Å²) in [5.41, 5.74) is 0. The van der Waals surface area contributed by atoms with E-state index in [-0.39, 0.29) is 18.1 Å². The summed E-state index contributed by atoms with van der Waals surface area (Å²) in [4.78, 5) is 1.18. The third-order valence-electron chi connectivity index (χ3n) is 2.25. The molecule has 1 heterocycles. The summed E-state index contributed by atoms with van der Waals surface area (Å²) in [5.74, 6) is -0.331. The van der Waals surface area contributed by atoms with Gasteiger partial charge < -0.3 is 17.8 Å². The number of nitrogens with zero attached hydrogens (tertiary/aromatic N) is 1. The summed E-state index contributed by atoms with van der Waals surface area (Å²) in [6, 6.07) is -0.530. The third kappa shape index (κ3) is 3.49. The van der Waals surface area contributed by atoms with Crippen LogP contribution in [0.4, 0.5) is 12.9 Å². The van der Waals surface area contributed by atoms with Gasteiger partial charge in [0.05, 0.1) is 11.5 Å². The molecule has 0 amide bonds. The Morgan fingerprint density at radius 2 is 2.00 bits per heavy atom. The van der Waals surface area contributed by atoms with Crippen LogP contribution in [0.3, 0.4) is 0 Å². The van der Waals surface area contributed by atoms with Gasteiger partial charge in [0, 0.05) is 12.6 Å². The van der Waals surface area contributed by atoms with Gasteiger partial charge in [0.25, 0.3) is 0 Å². The second-order valence-corrected chi connectivity index (χ2v) is 5.90. The summed E-state index contributed by atoms with van der Waals surface area (Å²) in [6.07, 6.45) is -0.962. The first-order valence-electron chi connectivity index (χ1n) is 4.35. The average Bonchev–Trinajstić information content (AvgIpc) is 1.92. The van der Waals surface area contributed by atoms with Gasteiger partial charge in [0.1, 0.15) is 0 Å². The summed E-state index contributed by atoms with van der Waals surface area (Å²) >= 11 is 0. The normalized spacial score (nSPS) is 29.0. The summed E-state index contributed by atoms with van der Waals surface area (Å²) < 4.78 is 58.4. The SMILES string of the molecule is CC1CS(=O)(=O)CCN1C[B-](F)(F)F. The fourth-order valence-electron chi connectivity index (χ4n) is 1.57. The van der Waals surface area contributed by atoms with Crippen LogP contribution in [-0.4, -0.2) is 50.8 Å². The van der Waals surface area contributed by atoms with E-state index in [2.05, 4.69) is 0 Å². The standard InChI is InChI=1S/C6H12BF3NO2S/c1-6-4-14(12,13)3-2-11(6)5-7(8,9)10/h6H,2-5H2,1H3/q-1. The van der Waals surface area contributed by atoms with Crippen molar-refractivity contribution in [2.24, 2.45) is 0 Å². The van der Waals surface area contributed by atoms with Gasteiger partial charge in [-0.3, -0.25) is 0 Å². The highest BCUT2D eigenvalue weighted by Gasteiger charge is 2.33. The quantitative estimate of drug-likeness (QED) is 0.648. The molecule has 0 aliphatic carbocycles. The first-order valence-corrected chi connectivity index (χ1v) is 6.17. The maximum Gasteiger partial charge on any atom is 0.492 e. The lowest BCUT2D eigenvalue weighted by Crippen LogP contribution is -2.51. The van der Waals surface area contributed by atoms with Gasteiger partial charge in [0.2, 0.25) is 0 Å². The van der Waals surface area contributed by atoms with Gasteiger partial charge >= 0.3 is 6.98 Å². The zero-order valence-corrected chi connectivity index (χ0v) is 8.61. The molecule has 8 heteroatoms. The van der Waals surface area contributed by atoms with Crippen LogP contribution in [0, 0.1) is 0 Å². The zero-order chi connectivity index (χ0) is 11.0. The summed E-state index contributed by atoms with van der Waals surface area (Å²) in [5, 5.41) is 0. The highest BCUT2D eigenvalue weighted by Crippen LogP contribution is 2.17. The van der Waals surface area contributed by atoms with E-state index in [1.165, 1.54) is 11.8 Å². The Bertz CT molecular complexity index is 303. The Balaban J connectivity index is 2.59. The molecular formula is C6H12BF3NO2S-. The van der Waals surface area contributed by atoms with Crippen LogP contribution < -0.4 is 0 Å². The van der Waals surface area contributed by atoms with Crippen molar-refractivity contribution in [3.8, 4) is 0 Å². The van der Waals surface area contributed by atoms with Gasteiger partial charge in [-0.15, -0.1) is 0 Å². The molecule has 0 N–H and O–H groups in total. The lowest BCUT2D eigenvalue weighted by Gasteiger charge is -2.36. The Hall–Kier alpha value is -0.235. The molecule has 1 unspecified atom stereocenters. The van der Waals surface area contributed by atoms with Gasteiger partial charge in [-0.25, -0.2) is 8.42 Å². The first kappa shape index (κ1) is 11.8. The minimum Gasteiger partial charge on any atom is -0.448 e. The lowest BCUT2D eigenvalue weighted by molar-refractivity contribution is 0.235. The molecule has 1 saturated heterocycles. The molecule has 1 atom stereocenters. The van der Waals surface area contributed by atoms with Crippen LogP contribution in [-0.2, 0) is 9.84 Å². The van der Waals surface area contributed by atoms with E-state index >= 15 is 0 Å². The van der Waals surface area contributed by atoms with Gasteiger partial charge in [0.15, 0.2) is 9.84 Å². The first-order chi connectivity index (χ1) is 6.20. The second kappa shape index (κ2) is 3.73. The molecule has 0 saturated carbocycles. The van der Waals surface area contributed by atoms with Crippen LogP contribution in [0.15, 0.2) is 0 Å². The molecule has 1 fully saturated rings. The van der Waals surface area contributed by atoms with E-state index in [9.17, 15) is 21.4 Å². The van der Waals surface area contributed by atoms with Crippen molar-refractivity contribution in [3.05, 3.63) is 0 Å². The molecule has 3 nitrogen and oxygen atoms in total. The molecule has 14 heavy (non-hydrogen) atoms. The molecule has 0 radical (unpaired) electrons. The molecule has 1 aliphatic heterocycles. The van der Waals surface area contributed by atoms with E-state index in [4.69, 9.17) is 0 Å². The molecule has 0 bridgehead atoms. The summed E-state index contributed by atoms with van der Waals surface area (Å²) in [6.45, 7) is -3.36. The number of hydrogen-bond acceptors (Lipinski definition) is 3. The van der Waals surface area contributed by atoms with E-state index in [1.54, 1.807) is 0 Å². The molecule has 84 valence electrons. The number of hydrogen-bond donors (Lipinski definition) is 0. The summed E-state index contributed by atoms with van der Waals surface area (Å²) in [7, 11) is -3.12. The highest BCUT2D eigenvalue weighted by atomic mass is 32.2. The molecular weight excluding hydrogens is 218 g/mol. The molecule has 0 spiro atoms. The number of halogens is 3. The van der Waals surface area contributed by atoms with E-state index < -0.39 is 29.3 Å². The topological polar surface area (TPSA) is 37.4 Å². The largest absolute Gasteiger partial charge is 0.492 e. The molecule has 1 rings (SSSR count). The Morgan fingerprint density at radius 3 is 2.43 bits per heavy atom. The molecule has 0 aromatic carbocycles. The van der Waals surface area contributed by atoms with Gasteiger partial charge in [-0.05, 0) is 13.4 Å². The maximum atomic E-state index is 12.1. The van der Waals surface area contributed by atoms with Gasteiger partial charge in [-0.1, -0.05) is 0 Å². The number of sulfone groups is 1.